The summed E-state index contributed by atoms with van der Waals surface area (Å²) in [6.07, 6.45) is 11.6. The van der Waals surface area contributed by atoms with Gasteiger partial charge in [-0.05, 0) is 31.6 Å². The maximum atomic E-state index is 6.22. The highest BCUT2D eigenvalue weighted by Gasteiger charge is 2.40. The van der Waals surface area contributed by atoms with E-state index in [0.29, 0.717) is 11.8 Å². The van der Waals surface area contributed by atoms with E-state index in [0.717, 1.165) is 6.54 Å². The largest absolute Gasteiger partial charge is 0.328 e. The van der Waals surface area contributed by atoms with Crippen LogP contribution in [0.4, 0.5) is 0 Å². The predicted molar refractivity (Wildman–Crippen MR) is 80.2 cm³/mol. The summed E-state index contributed by atoms with van der Waals surface area (Å²) in [7, 11) is 0. The summed E-state index contributed by atoms with van der Waals surface area (Å²) in [6.45, 7) is 7.64. The summed E-state index contributed by atoms with van der Waals surface area (Å²) in [5.41, 5.74) is 7.72. The third-order valence-electron chi connectivity index (χ3n) is 5.32. The molecule has 0 aliphatic heterocycles. The first kappa shape index (κ1) is 14.6. The van der Waals surface area contributed by atoms with Crippen molar-refractivity contribution in [2.45, 2.75) is 70.8 Å². The van der Waals surface area contributed by atoms with Crippen LogP contribution in [0.3, 0.4) is 0 Å². The van der Waals surface area contributed by atoms with Crippen LogP contribution < -0.4 is 5.73 Å². The molecule has 0 radical (unpaired) electrons. The molecule has 3 heteroatoms. The van der Waals surface area contributed by atoms with Crippen LogP contribution in [0.2, 0.25) is 0 Å². The van der Waals surface area contributed by atoms with Crippen LogP contribution in [0.1, 0.15) is 70.9 Å². The molecular formula is C16H29N3. The molecule has 1 aromatic rings. The maximum Gasteiger partial charge on any atom is 0.0954 e. The number of rotatable bonds is 5. The normalized spacial score (nSPS) is 27.9. The van der Waals surface area contributed by atoms with Crippen LogP contribution in [0.15, 0.2) is 12.5 Å². The van der Waals surface area contributed by atoms with Gasteiger partial charge in [-0.15, -0.1) is 0 Å². The fraction of sp³-hybridized carbons (Fsp3) is 0.812. The summed E-state index contributed by atoms with van der Waals surface area (Å²) in [5.74, 6) is 1.26. The fourth-order valence-corrected chi connectivity index (χ4v) is 3.84. The van der Waals surface area contributed by atoms with Gasteiger partial charge < -0.3 is 10.3 Å². The Balaban J connectivity index is 2.41. The second-order valence-corrected chi connectivity index (χ2v) is 6.16. The zero-order valence-electron chi connectivity index (χ0n) is 12.7. The van der Waals surface area contributed by atoms with Crippen molar-refractivity contribution in [1.29, 1.82) is 0 Å². The maximum absolute atomic E-state index is 6.22. The van der Waals surface area contributed by atoms with Gasteiger partial charge in [0.1, 0.15) is 0 Å². The van der Waals surface area contributed by atoms with E-state index in [1.165, 1.54) is 44.2 Å². The third kappa shape index (κ3) is 2.45. The Morgan fingerprint density at radius 1 is 1.42 bits per heavy atom. The van der Waals surface area contributed by atoms with Crippen LogP contribution in [0.25, 0.3) is 0 Å². The molecule has 0 spiro atoms. The van der Waals surface area contributed by atoms with Gasteiger partial charge in [-0.25, -0.2) is 4.98 Å². The topological polar surface area (TPSA) is 43.8 Å². The van der Waals surface area contributed by atoms with Crippen LogP contribution in [-0.2, 0) is 5.54 Å². The molecule has 19 heavy (non-hydrogen) atoms. The van der Waals surface area contributed by atoms with Crippen molar-refractivity contribution in [2.75, 3.05) is 6.54 Å². The van der Waals surface area contributed by atoms with E-state index < -0.39 is 0 Å². The lowest BCUT2D eigenvalue weighted by Crippen LogP contribution is -2.49. The van der Waals surface area contributed by atoms with Gasteiger partial charge in [0.15, 0.2) is 0 Å². The van der Waals surface area contributed by atoms with Gasteiger partial charge in [-0.3, -0.25) is 0 Å². The van der Waals surface area contributed by atoms with Gasteiger partial charge in [0.05, 0.1) is 11.9 Å². The predicted octanol–water partition coefficient (Wildman–Crippen LogP) is 3.65. The van der Waals surface area contributed by atoms with Gasteiger partial charge in [0.2, 0.25) is 0 Å². The zero-order chi connectivity index (χ0) is 13.9. The molecule has 3 nitrogen and oxygen atoms in total. The van der Waals surface area contributed by atoms with Gasteiger partial charge in [0, 0.05) is 24.4 Å². The van der Waals surface area contributed by atoms with E-state index in [-0.39, 0.29) is 5.54 Å². The second-order valence-electron chi connectivity index (χ2n) is 6.16. The molecule has 1 saturated carbocycles. The molecule has 2 N–H and O–H groups in total. The van der Waals surface area contributed by atoms with Crippen LogP contribution in [-0.4, -0.2) is 16.1 Å². The van der Waals surface area contributed by atoms with E-state index in [4.69, 9.17) is 5.73 Å². The monoisotopic (exact) mass is 263 g/mol. The smallest absolute Gasteiger partial charge is 0.0954 e. The van der Waals surface area contributed by atoms with Crippen molar-refractivity contribution in [3.8, 4) is 0 Å². The number of nitrogens with zero attached hydrogens (tertiary/aromatic N) is 2. The average Bonchev–Trinajstić information content (AvgIpc) is 2.91. The lowest BCUT2D eigenvalue weighted by Gasteiger charge is -2.44. The highest BCUT2D eigenvalue weighted by Crippen LogP contribution is 2.41. The number of imidazole rings is 1. The van der Waals surface area contributed by atoms with Crippen LogP contribution in [0.5, 0.6) is 0 Å². The molecule has 0 amide bonds. The van der Waals surface area contributed by atoms with Crippen molar-refractivity contribution in [3.63, 3.8) is 0 Å². The Morgan fingerprint density at radius 2 is 2.16 bits per heavy atom. The minimum Gasteiger partial charge on any atom is -0.328 e. The molecular weight excluding hydrogens is 234 g/mol. The number of hydrogen-bond donors (Lipinski definition) is 1. The first-order chi connectivity index (χ1) is 9.19. The molecule has 1 fully saturated rings. The summed E-state index contributed by atoms with van der Waals surface area (Å²) in [6, 6.07) is 0. The first-order valence-electron chi connectivity index (χ1n) is 7.92. The lowest BCUT2D eigenvalue weighted by molar-refractivity contribution is 0.120. The van der Waals surface area contributed by atoms with E-state index in [2.05, 4.69) is 36.5 Å². The van der Waals surface area contributed by atoms with E-state index in [1.54, 1.807) is 0 Å². The molecule has 0 saturated heterocycles. The number of aromatic nitrogens is 2. The third-order valence-corrected chi connectivity index (χ3v) is 5.32. The molecule has 1 heterocycles. The average molecular weight is 263 g/mol. The standard InChI is InChI=1S/C16H29N3/c1-4-14(5-2)15-10-18-12-19(15)16(11-17)9-7-6-8-13(16)3/h10,12-14H,4-9,11,17H2,1-3H3. The SMILES string of the molecule is CCC(CC)c1cncn1C1(CN)CCCCC1C. The fourth-order valence-electron chi connectivity index (χ4n) is 3.84. The molecule has 0 bridgehead atoms. The highest BCUT2D eigenvalue weighted by molar-refractivity contribution is 5.12. The zero-order valence-corrected chi connectivity index (χ0v) is 12.7. The van der Waals surface area contributed by atoms with Crippen molar-refractivity contribution in [3.05, 3.63) is 18.2 Å². The highest BCUT2D eigenvalue weighted by atomic mass is 15.1. The van der Waals surface area contributed by atoms with Crippen molar-refractivity contribution in [2.24, 2.45) is 11.7 Å². The molecule has 2 atom stereocenters. The summed E-state index contributed by atoms with van der Waals surface area (Å²) in [5, 5.41) is 0. The number of nitrogens with two attached hydrogens (primary N) is 1. The molecule has 1 aliphatic carbocycles. The summed E-state index contributed by atoms with van der Waals surface area (Å²) >= 11 is 0. The van der Waals surface area contributed by atoms with Gasteiger partial charge in [0.25, 0.3) is 0 Å². The Labute approximate surface area is 117 Å². The molecule has 0 aromatic carbocycles. The molecule has 2 unspecified atom stereocenters. The Kier molecular flexibility index (Phi) is 4.67. The lowest BCUT2D eigenvalue weighted by atomic mass is 9.73. The van der Waals surface area contributed by atoms with Crippen molar-refractivity contribution < 1.29 is 0 Å². The molecule has 1 aromatic heterocycles. The minimum absolute atomic E-state index is 0.104. The summed E-state index contributed by atoms with van der Waals surface area (Å²) < 4.78 is 2.44. The van der Waals surface area contributed by atoms with Crippen LogP contribution >= 0.6 is 0 Å². The second kappa shape index (κ2) is 6.08. The van der Waals surface area contributed by atoms with Crippen molar-refractivity contribution in [1.82, 2.24) is 9.55 Å². The van der Waals surface area contributed by atoms with Crippen LogP contribution in [0, 0.1) is 5.92 Å². The van der Waals surface area contributed by atoms with Crippen molar-refractivity contribution >= 4 is 0 Å². The molecule has 108 valence electrons. The van der Waals surface area contributed by atoms with Gasteiger partial charge >= 0.3 is 0 Å². The van der Waals surface area contributed by atoms with Gasteiger partial charge in [-0.2, -0.15) is 0 Å². The van der Waals surface area contributed by atoms with E-state index >= 15 is 0 Å². The quantitative estimate of drug-likeness (QED) is 0.881. The van der Waals surface area contributed by atoms with E-state index in [9.17, 15) is 0 Å². The Morgan fingerprint density at radius 3 is 2.74 bits per heavy atom. The van der Waals surface area contributed by atoms with E-state index in [1.807, 2.05) is 6.33 Å². The molecule has 1 aliphatic rings. The molecule has 2 rings (SSSR count). The number of hydrogen-bond acceptors (Lipinski definition) is 2. The summed E-state index contributed by atoms with van der Waals surface area (Å²) in [4.78, 5) is 4.45. The minimum atomic E-state index is 0.104. The Bertz CT molecular complexity index is 394. The van der Waals surface area contributed by atoms with Gasteiger partial charge in [-0.1, -0.05) is 33.6 Å². The first-order valence-corrected chi connectivity index (χ1v) is 7.92. The Hall–Kier alpha value is -0.830.